The van der Waals surface area contributed by atoms with Gasteiger partial charge in [-0.1, -0.05) is 0 Å². The van der Waals surface area contributed by atoms with Gasteiger partial charge >= 0.3 is 0 Å². The quantitative estimate of drug-likeness (QED) is 0.635. The predicted octanol–water partition coefficient (Wildman–Crippen LogP) is 2.69. The van der Waals surface area contributed by atoms with Crippen LogP contribution in [0.4, 0.5) is 5.82 Å². The van der Waals surface area contributed by atoms with Gasteiger partial charge in [0.2, 0.25) is 0 Å². The number of hydrogen-bond donors (Lipinski definition) is 0. The zero-order valence-electron chi connectivity index (χ0n) is 11.0. The monoisotopic (exact) mass is 274 g/mol. The van der Waals surface area contributed by atoms with E-state index < -0.39 is 0 Å². The van der Waals surface area contributed by atoms with Gasteiger partial charge in [0.05, 0.1) is 24.5 Å². The lowest BCUT2D eigenvalue weighted by molar-refractivity contribution is 0.406. The molecule has 0 bridgehead atoms. The van der Waals surface area contributed by atoms with Gasteiger partial charge in [-0.15, -0.1) is 0 Å². The number of aromatic nitrogens is 3. The third-order valence-electron chi connectivity index (χ3n) is 2.85. The number of aryl methyl sites for hydroxylation is 1. The van der Waals surface area contributed by atoms with Crippen LogP contribution >= 0.6 is 12.2 Å². The Balaban J connectivity index is 2.30. The van der Waals surface area contributed by atoms with Gasteiger partial charge in [-0.3, -0.25) is 9.67 Å². The van der Waals surface area contributed by atoms with E-state index in [1.807, 2.05) is 20.0 Å². The molecule has 0 aliphatic rings. The summed E-state index contributed by atoms with van der Waals surface area (Å²) in [5, 5.41) is 6.55. The maximum Gasteiger partial charge on any atom is 0.184 e. The minimum atomic E-state index is 0.548. The van der Waals surface area contributed by atoms with Crippen LogP contribution in [0, 0.1) is 13.8 Å². The Bertz CT molecular complexity index is 644. The van der Waals surface area contributed by atoms with Crippen molar-refractivity contribution in [2.24, 2.45) is 4.99 Å². The Morgan fingerprint density at radius 2 is 2.26 bits per heavy atom. The highest BCUT2D eigenvalue weighted by molar-refractivity contribution is 7.78. The number of hydrogen-bond acceptors (Lipinski definition) is 5. The second kappa shape index (κ2) is 5.73. The van der Waals surface area contributed by atoms with E-state index in [2.05, 4.69) is 32.5 Å². The Morgan fingerprint density at radius 1 is 1.47 bits per heavy atom. The molecular formula is C13H14N4OS. The van der Waals surface area contributed by atoms with E-state index in [4.69, 9.17) is 4.74 Å². The van der Waals surface area contributed by atoms with Crippen molar-refractivity contribution >= 4 is 23.2 Å². The van der Waals surface area contributed by atoms with Gasteiger partial charge in [0, 0.05) is 29.6 Å². The first kappa shape index (κ1) is 13.4. The molecule has 2 aromatic rings. The molecule has 2 heterocycles. The van der Waals surface area contributed by atoms with E-state index >= 15 is 0 Å². The number of isothiocyanates is 1. The Hall–Kier alpha value is -2.04. The van der Waals surface area contributed by atoms with Crippen LogP contribution in [0.2, 0.25) is 0 Å². The summed E-state index contributed by atoms with van der Waals surface area (Å²) in [6.45, 7) is 4.53. The van der Waals surface area contributed by atoms with Crippen LogP contribution in [0.3, 0.4) is 0 Å². The zero-order valence-corrected chi connectivity index (χ0v) is 11.9. The molecule has 0 aliphatic carbocycles. The molecule has 2 rings (SSSR count). The second-order valence-corrected chi connectivity index (χ2v) is 4.30. The first-order chi connectivity index (χ1) is 9.15. The summed E-state index contributed by atoms with van der Waals surface area (Å²) in [5.41, 5.74) is 2.97. The lowest BCUT2D eigenvalue weighted by atomic mass is 10.1. The maximum absolute atomic E-state index is 5.39. The van der Waals surface area contributed by atoms with E-state index in [1.165, 1.54) is 0 Å². The van der Waals surface area contributed by atoms with Gasteiger partial charge in [0.15, 0.2) is 5.82 Å². The molecule has 5 nitrogen and oxygen atoms in total. The van der Waals surface area contributed by atoms with Crippen LogP contribution in [0.1, 0.15) is 16.8 Å². The van der Waals surface area contributed by atoms with E-state index in [1.54, 1.807) is 24.1 Å². The van der Waals surface area contributed by atoms with Gasteiger partial charge in [0.1, 0.15) is 5.75 Å². The molecule has 0 unspecified atom stereocenters. The van der Waals surface area contributed by atoms with E-state index in [0.717, 1.165) is 22.6 Å². The van der Waals surface area contributed by atoms with Gasteiger partial charge in [-0.05, 0) is 26.1 Å². The molecule has 0 saturated carbocycles. The Morgan fingerprint density at radius 3 is 2.95 bits per heavy atom. The molecule has 98 valence electrons. The van der Waals surface area contributed by atoms with Crippen LogP contribution in [-0.4, -0.2) is 27.0 Å². The molecule has 6 heteroatoms. The third kappa shape index (κ3) is 2.86. The number of rotatable bonds is 4. The topological polar surface area (TPSA) is 52.3 Å². The van der Waals surface area contributed by atoms with Crippen molar-refractivity contribution in [3.8, 4) is 5.75 Å². The van der Waals surface area contributed by atoms with E-state index in [-0.39, 0.29) is 0 Å². The van der Waals surface area contributed by atoms with Gasteiger partial charge in [-0.2, -0.15) is 10.1 Å². The van der Waals surface area contributed by atoms with Gasteiger partial charge in [-0.25, -0.2) is 0 Å². The summed E-state index contributed by atoms with van der Waals surface area (Å²) in [6.07, 6.45) is 3.64. The summed E-state index contributed by atoms with van der Waals surface area (Å²) in [7, 11) is 1.67. The average molecular weight is 274 g/mol. The molecule has 0 radical (unpaired) electrons. The molecule has 2 aromatic heterocycles. The Kier molecular flexibility index (Phi) is 4.04. The molecule has 19 heavy (non-hydrogen) atoms. The molecule has 0 atom stereocenters. The van der Waals surface area contributed by atoms with Crippen LogP contribution in [0.25, 0.3) is 0 Å². The predicted molar refractivity (Wildman–Crippen MR) is 76.3 cm³/mol. The third-order valence-corrected chi connectivity index (χ3v) is 2.94. The summed E-state index contributed by atoms with van der Waals surface area (Å²) >= 11 is 4.55. The number of thiocarbonyl (C=S) groups is 1. The molecule has 0 amide bonds. The van der Waals surface area contributed by atoms with Crippen LogP contribution in [0.5, 0.6) is 5.75 Å². The molecule has 0 fully saturated rings. The van der Waals surface area contributed by atoms with Crippen LogP contribution in [0.15, 0.2) is 23.5 Å². The number of pyridine rings is 1. The van der Waals surface area contributed by atoms with Crippen LogP contribution < -0.4 is 4.74 Å². The molecule has 0 aromatic carbocycles. The van der Waals surface area contributed by atoms with Crippen molar-refractivity contribution < 1.29 is 4.74 Å². The lowest BCUT2D eigenvalue weighted by Crippen LogP contribution is -2.06. The maximum atomic E-state index is 5.39. The summed E-state index contributed by atoms with van der Waals surface area (Å²) in [5.74, 6) is 1.42. The molecule has 0 saturated heterocycles. The van der Waals surface area contributed by atoms with Gasteiger partial charge < -0.3 is 4.74 Å². The normalized spacial score (nSPS) is 10.1. The largest absolute Gasteiger partial charge is 0.496 e. The first-order valence-corrected chi connectivity index (χ1v) is 6.17. The summed E-state index contributed by atoms with van der Waals surface area (Å²) in [6, 6.07) is 1.78. The fourth-order valence-electron chi connectivity index (χ4n) is 1.93. The van der Waals surface area contributed by atoms with Crippen molar-refractivity contribution in [2.45, 2.75) is 20.4 Å². The van der Waals surface area contributed by atoms with E-state index in [9.17, 15) is 0 Å². The van der Waals surface area contributed by atoms with Gasteiger partial charge in [0.25, 0.3) is 0 Å². The van der Waals surface area contributed by atoms with Crippen molar-refractivity contribution in [1.82, 2.24) is 14.8 Å². The molecular weight excluding hydrogens is 260 g/mol. The molecule has 0 spiro atoms. The summed E-state index contributed by atoms with van der Waals surface area (Å²) in [4.78, 5) is 8.26. The standard InChI is InChI=1S/C13H14N4OS/c1-9-6-14-11(10(2)13(9)18-3)7-17-5-4-12(16-17)15-8-19/h4-6H,7H2,1-3H3. The number of aliphatic imine (C=N–C) groups is 1. The number of nitrogens with zero attached hydrogens (tertiary/aromatic N) is 4. The molecule has 0 N–H and O–H groups in total. The van der Waals surface area contributed by atoms with E-state index in [0.29, 0.717) is 12.4 Å². The summed E-state index contributed by atoms with van der Waals surface area (Å²) < 4.78 is 7.15. The number of ether oxygens (including phenoxy) is 1. The van der Waals surface area contributed by atoms with Crippen molar-refractivity contribution in [2.75, 3.05) is 7.11 Å². The molecule has 0 aliphatic heterocycles. The smallest absolute Gasteiger partial charge is 0.184 e. The van der Waals surface area contributed by atoms with Crippen molar-refractivity contribution in [1.29, 1.82) is 0 Å². The highest BCUT2D eigenvalue weighted by Gasteiger charge is 2.10. The minimum Gasteiger partial charge on any atom is -0.496 e. The highest BCUT2D eigenvalue weighted by atomic mass is 32.1. The fourth-order valence-corrected chi connectivity index (χ4v) is 2.02. The van der Waals surface area contributed by atoms with Crippen molar-refractivity contribution in [3.63, 3.8) is 0 Å². The lowest BCUT2D eigenvalue weighted by Gasteiger charge is -2.12. The fraction of sp³-hybridized carbons (Fsp3) is 0.308. The average Bonchev–Trinajstić information content (AvgIpc) is 2.82. The minimum absolute atomic E-state index is 0.548. The zero-order chi connectivity index (χ0) is 13.8. The Labute approximate surface area is 117 Å². The number of methoxy groups -OCH3 is 1. The first-order valence-electron chi connectivity index (χ1n) is 5.76. The SMILES string of the molecule is COc1c(C)cnc(Cn2ccc(N=C=S)n2)c1C. The van der Waals surface area contributed by atoms with Crippen LogP contribution in [-0.2, 0) is 6.54 Å². The highest BCUT2D eigenvalue weighted by Crippen LogP contribution is 2.24. The van der Waals surface area contributed by atoms with Crippen molar-refractivity contribution in [3.05, 3.63) is 35.3 Å². The second-order valence-electron chi connectivity index (χ2n) is 4.12.